The van der Waals surface area contributed by atoms with Crippen LogP contribution >= 0.6 is 0 Å². The molecule has 0 N–H and O–H groups in total. The molecule has 0 aromatic rings. The van der Waals surface area contributed by atoms with Crippen molar-refractivity contribution in [2.45, 2.75) is 58.4 Å². The van der Waals surface area contributed by atoms with Gasteiger partial charge >= 0.3 is 5.97 Å². The third kappa shape index (κ3) is 6.65. The predicted octanol–water partition coefficient (Wildman–Crippen LogP) is 1.20. The molecular formula is C23H40N4O4. The molecule has 3 aliphatic rings. The van der Waals surface area contributed by atoms with E-state index in [4.69, 9.17) is 4.74 Å². The molecule has 2 amide bonds. The lowest BCUT2D eigenvalue weighted by molar-refractivity contribution is -0.146. The molecular weight excluding hydrogens is 396 g/mol. The molecule has 0 aromatic carbocycles. The minimum atomic E-state index is -0.296. The topological polar surface area (TPSA) is 73.4 Å². The van der Waals surface area contributed by atoms with E-state index in [9.17, 15) is 14.4 Å². The highest BCUT2D eigenvalue weighted by Crippen LogP contribution is 2.26. The van der Waals surface area contributed by atoms with Gasteiger partial charge in [0, 0.05) is 57.6 Å². The van der Waals surface area contributed by atoms with Crippen LogP contribution in [0.1, 0.15) is 52.4 Å². The van der Waals surface area contributed by atoms with Crippen molar-refractivity contribution in [1.29, 1.82) is 0 Å². The number of hydrogen-bond acceptors (Lipinski definition) is 6. The van der Waals surface area contributed by atoms with Crippen LogP contribution in [-0.4, -0.2) is 109 Å². The molecule has 8 nitrogen and oxygen atoms in total. The molecule has 0 unspecified atom stereocenters. The maximum atomic E-state index is 12.9. The van der Waals surface area contributed by atoms with Crippen LogP contribution < -0.4 is 0 Å². The van der Waals surface area contributed by atoms with E-state index in [-0.39, 0.29) is 30.6 Å². The third-order valence-electron chi connectivity index (χ3n) is 7.19. The number of piperidine rings is 2. The van der Waals surface area contributed by atoms with Crippen LogP contribution in [0.15, 0.2) is 0 Å². The Morgan fingerprint density at radius 3 is 2.00 bits per heavy atom. The van der Waals surface area contributed by atoms with Gasteiger partial charge in [0.25, 0.3) is 0 Å². The fraction of sp³-hybridized carbons (Fsp3) is 0.870. The standard InChI is InChI=1S/C23H40N4O4/c1-3-24-15-17-27(18-16-24)23(30)19-7-11-25(12-8-19)20-9-13-26(14-10-20)21(28)5-6-22(29)31-4-2/h19-20H,3-18H2,1-2H3. The smallest absolute Gasteiger partial charge is 0.306 e. The lowest BCUT2D eigenvalue weighted by Gasteiger charge is -2.42. The number of likely N-dealkylation sites (tertiary alicyclic amines) is 2. The van der Waals surface area contributed by atoms with E-state index in [0.29, 0.717) is 18.6 Å². The second kappa shape index (κ2) is 11.8. The van der Waals surface area contributed by atoms with E-state index in [1.165, 1.54) is 0 Å². The van der Waals surface area contributed by atoms with Gasteiger partial charge in [0.2, 0.25) is 11.8 Å². The first-order valence-corrected chi connectivity index (χ1v) is 12.2. The van der Waals surface area contributed by atoms with Crippen LogP contribution in [-0.2, 0) is 19.1 Å². The molecule has 3 saturated heterocycles. The van der Waals surface area contributed by atoms with E-state index in [1.54, 1.807) is 6.92 Å². The van der Waals surface area contributed by atoms with Gasteiger partial charge in [0.05, 0.1) is 13.0 Å². The number of rotatable bonds is 7. The van der Waals surface area contributed by atoms with Crippen molar-refractivity contribution in [2.75, 3.05) is 65.5 Å². The summed E-state index contributed by atoms with van der Waals surface area (Å²) in [6, 6.07) is 0.498. The highest BCUT2D eigenvalue weighted by Gasteiger charge is 2.33. The first-order chi connectivity index (χ1) is 15.0. The summed E-state index contributed by atoms with van der Waals surface area (Å²) < 4.78 is 4.90. The molecule has 3 fully saturated rings. The molecule has 31 heavy (non-hydrogen) atoms. The maximum Gasteiger partial charge on any atom is 0.306 e. The number of nitrogens with zero attached hydrogens (tertiary/aromatic N) is 4. The van der Waals surface area contributed by atoms with Crippen molar-refractivity contribution < 1.29 is 19.1 Å². The first-order valence-electron chi connectivity index (χ1n) is 12.2. The van der Waals surface area contributed by atoms with Crippen molar-refractivity contribution in [3.8, 4) is 0 Å². The molecule has 8 heteroatoms. The Morgan fingerprint density at radius 2 is 1.42 bits per heavy atom. The minimum absolute atomic E-state index is 0.0546. The van der Waals surface area contributed by atoms with Gasteiger partial charge in [-0.25, -0.2) is 0 Å². The van der Waals surface area contributed by atoms with E-state index in [2.05, 4.69) is 21.6 Å². The maximum absolute atomic E-state index is 12.9. The highest BCUT2D eigenvalue weighted by atomic mass is 16.5. The largest absolute Gasteiger partial charge is 0.466 e. The summed E-state index contributed by atoms with van der Waals surface area (Å²) in [4.78, 5) is 45.6. The zero-order valence-corrected chi connectivity index (χ0v) is 19.4. The van der Waals surface area contributed by atoms with Crippen molar-refractivity contribution >= 4 is 17.8 Å². The van der Waals surface area contributed by atoms with Crippen LogP contribution in [0.5, 0.6) is 0 Å². The van der Waals surface area contributed by atoms with Crippen molar-refractivity contribution in [1.82, 2.24) is 19.6 Å². The zero-order valence-electron chi connectivity index (χ0n) is 19.4. The quantitative estimate of drug-likeness (QED) is 0.559. The van der Waals surface area contributed by atoms with Crippen LogP contribution in [0.4, 0.5) is 0 Å². The molecule has 0 spiro atoms. The Labute approximate surface area is 186 Å². The molecule has 3 aliphatic heterocycles. The van der Waals surface area contributed by atoms with E-state index in [1.807, 2.05) is 4.90 Å². The SMILES string of the molecule is CCOC(=O)CCC(=O)N1CCC(N2CCC(C(=O)N3CCN(CC)CC3)CC2)CC1. The third-order valence-corrected chi connectivity index (χ3v) is 7.19. The second-order valence-corrected chi connectivity index (χ2v) is 8.99. The Morgan fingerprint density at radius 1 is 0.774 bits per heavy atom. The van der Waals surface area contributed by atoms with E-state index in [0.717, 1.165) is 84.6 Å². The molecule has 0 atom stereocenters. The molecule has 3 rings (SSSR count). The minimum Gasteiger partial charge on any atom is -0.466 e. The molecule has 176 valence electrons. The monoisotopic (exact) mass is 436 g/mol. The summed E-state index contributed by atoms with van der Waals surface area (Å²) >= 11 is 0. The normalized spacial score (nSPS) is 22.5. The Hall–Kier alpha value is -1.67. The van der Waals surface area contributed by atoms with Gasteiger partial charge in [0.1, 0.15) is 0 Å². The molecule has 0 bridgehead atoms. The van der Waals surface area contributed by atoms with Gasteiger partial charge in [0.15, 0.2) is 0 Å². The predicted molar refractivity (Wildman–Crippen MR) is 118 cm³/mol. The van der Waals surface area contributed by atoms with Crippen LogP contribution in [0, 0.1) is 5.92 Å². The Kier molecular flexibility index (Phi) is 9.14. The van der Waals surface area contributed by atoms with Gasteiger partial charge in [-0.2, -0.15) is 0 Å². The van der Waals surface area contributed by atoms with Crippen molar-refractivity contribution in [2.24, 2.45) is 5.92 Å². The number of likely N-dealkylation sites (N-methyl/N-ethyl adjacent to an activating group) is 1. The summed E-state index contributed by atoms with van der Waals surface area (Å²) in [6.07, 6.45) is 4.26. The van der Waals surface area contributed by atoms with Crippen LogP contribution in [0.25, 0.3) is 0 Å². The fourth-order valence-corrected chi connectivity index (χ4v) is 5.13. The molecule has 0 radical (unpaired) electrons. The van der Waals surface area contributed by atoms with Gasteiger partial charge in [-0.15, -0.1) is 0 Å². The van der Waals surface area contributed by atoms with Gasteiger partial charge in [-0.05, 0) is 52.2 Å². The number of hydrogen-bond donors (Lipinski definition) is 0. The van der Waals surface area contributed by atoms with Gasteiger partial charge < -0.3 is 24.3 Å². The summed E-state index contributed by atoms with van der Waals surface area (Å²) in [5.74, 6) is 0.292. The lowest BCUT2D eigenvalue weighted by atomic mass is 9.92. The van der Waals surface area contributed by atoms with E-state index >= 15 is 0 Å². The molecule has 0 aromatic heterocycles. The Bertz CT molecular complexity index is 605. The Balaban J connectivity index is 1.35. The first kappa shape index (κ1) is 24.0. The van der Waals surface area contributed by atoms with Crippen LogP contribution in [0.3, 0.4) is 0 Å². The average molecular weight is 437 g/mol. The zero-order chi connectivity index (χ0) is 22.2. The highest BCUT2D eigenvalue weighted by molar-refractivity contribution is 5.81. The number of esters is 1. The van der Waals surface area contributed by atoms with Gasteiger partial charge in [-0.1, -0.05) is 6.92 Å². The fourth-order valence-electron chi connectivity index (χ4n) is 5.13. The van der Waals surface area contributed by atoms with Crippen molar-refractivity contribution in [3.05, 3.63) is 0 Å². The summed E-state index contributed by atoms with van der Waals surface area (Å²) in [5, 5.41) is 0. The second-order valence-electron chi connectivity index (χ2n) is 8.99. The number of piperazine rings is 1. The number of carbonyl (C=O) groups is 3. The van der Waals surface area contributed by atoms with Crippen molar-refractivity contribution in [3.63, 3.8) is 0 Å². The average Bonchev–Trinajstić information content (AvgIpc) is 2.82. The lowest BCUT2D eigenvalue weighted by Crippen LogP contribution is -2.53. The number of ether oxygens (including phenoxy) is 1. The van der Waals surface area contributed by atoms with Gasteiger partial charge in [-0.3, -0.25) is 14.4 Å². The molecule has 0 saturated carbocycles. The number of amides is 2. The summed E-state index contributed by atoms with van der Waals surface area (Å²) in [5.41, 5.74) is 0. The number of carbonyl (C=O) groups excluding carboxylic acids is 3. The van der Waals surface area contributed by atoms with Crippen LogP contribution in [0.2, 0.25) is 0 Å². The van der Waals surface area contributed by atoms with E-state index < -0.39 is 0 Å². The summed E-state index contributed by atoms with van der Waals surface area (Å²) in [7, 11) is 0. The summed E-state index contributed by atoms with van der Waals surface area (Å²) in [6.45, 7) is 12.6. The molecule has 0 aliphatic carbocycles. The molecule has 3 heterocycles.